The molecule has 0 fully saturated rings. The van der Waals surface area contributed by atoms with E-state index in [0.717, 1.165) is 6.26 Å². The van der Waals surface area contributed by atoms with Gasteiger partial charge in [0.05, 0.1) is 12.7 Å². The summed E-state index contributed by atoms with van der Waals surface area (Å²) in [7, 11) is -3.76. The maximum absolute atomic E-state index is 11.5. The molecule has 0 aromatic carbocycles. The number of carboxylic acid groups (broad SMARTS) is 2. The summed E-state index contributed by atoms with van der Waals surface area (Å²) in [5.74, 6) is -2.90. The quantitative estimate of drug-likeness (QED) is 0.662. The van der Waals surface area contributed by atoms with Crippen molar-refractivity contribution in [2.24, 2.45) is 5.92 Å². The Morgan fingerprint density at radius 3 is 1.94 bits per heavy atom. The van der Waals surface area contributed by atoms with Gasteiger partial charge in [-0.05, 0) is 5.92 Å². The van der Waals surface area contributed by atoms with Crippen molar-refractivity contribution in [3.8, 4) is 0 Å². The third-order valence-electron chi connectivity index (χ3n) is 2.17. The minimum atomic E-state index is -3.76. The summed E-state index contributed by atoms with van der Waals surface area (Å²) in [6, 6.07) is -1.25. The van der Waals surface area contributed by atoms with Crippen LogP contribution in [-0.2, 0) is 19.6 Å². The van der Waals surface area contributed by atoms with Crippen LogP contribution in [0.5, 0.6) is 0 Å². The Hall–Kier alpha value is -1.15. The maximum Gasteiger partial charge on any atom is 0.322 e. The number of aliphatic carboxylic acids is 2. The standard InChI is InChI=1S/C9H17NO6S/c1-6(2)8(9(13)14)10(17(3,15)16)5-4-7(11)12/h6,8H,4-5H2,1-3H3,(H,11,12)(H,13,14). The van der Waals surface area contributed by atoms with Crippen LogP contribution in [0.15, 0.2) is 0 Å². The van der Waals surface area contributed by atoms with Gasteiger partial charge in [0.2, 0.25) is 10.0 Å². The highest BCUT2D eigenvalue weighted by molar-refractivity contribution is 7.88. The Kier molecular flexibility index (Phi) is 5.56. The summed E-state index contributed by atoms with van der Waals surface area (Å²) >= 11 is 0. The van der Waals surface area contributed by atoms with E-state index < -0.39 is 40.3 Å². The molecule has 0 aliphatic heterocycles. The third-order valence-corrected chi connectivity index (χ3v) is 3.43. The fraction of sp³-hybridized carbons (Fsp3) is 0.778. The van der Waals surface area contributed by atoms with E-state index in [9.17, 15) is 18.0 Å². The lowest BCUT2D eigenvalue weighted by molar-refractivity contribution is -0.144. The number of sulfonamides is 1. The lowest BCUT2D eigenvalue weighted by Gasteiger charge is -2.28. The van der Waals surface area contributed by atoms with Gasteiger partial charge in [-0.2, -0.15) is 4.31 Å². The van der Waals surface area contributed by atoms with Crippen molar-refractivity contribution in [2.45, 2.75) is 26.3 Å². The number of hydrogen-bond acceptors (Lipinski definition) is 4. The van der Waals surface area contributed by atoms with Crippen molar-refractivity contribution in [2.75, 3.05) is 12.8 Å². The van der Waals surface area contributed by atoms with Crippen molar-refractivity contribution in [1.82, 2.24) is 4.31 Å². The predicted molar refractivity (Wildman–Crippen MR) is 60.1 cm³/mol. The fourth-order valence-electron chi connectivity index (χ4n) is 1.46. The second-order valence-electron chi connectivity index (χ2n) is 4.04. The molecule has 0 rings (SSSR count). The van der Waals surface area contributed by atoms with Crippen molar-refractivity contribution in [1.29, 1.82) is 0 Å². The predicted octanol–water partition coefficient (Wildman–Crippen LogP) is -0.168. The van der Waals surface area contributed by atoms with Gasteiger partial charge in [0.1, 0.15) is 6.04 Å². The molecule has 0 aromatic rings. The van der Waals surface area contributed by atoms with Gasteiger partial charge in [-0.1, -0.05) is 13.8 Å². The number of rotatable bonds is 7. The van der Waals surface area contributed by atoms with E-state index in [1.54, 1.807) is 13.8 Å². The van der Waals surface area contributed by atoms with Gasteiger partial charge in [-0.3, -0.25) is 9.59 Å². The molecule has 7 nitrogen and oxygen atoms in total. The average molecular weight is 267 g/mol. The SMILES string of the molecule is CC(C)C(C(=O)O)N(CCC(=O)O)S(C)(=O)=O. The topological polar surface area (TPSA) is 112 Å². The highest BCUT2D eigenvalue weighted by Crippen LogP contribution is 2.15. The molecule has 0 bridgehead atoms. The van der Waals surface area contributed by atoms with Crippen LogP contribution in [-0.4, -0.2) is 53.7 Å². The number of nitrogens with zero attached hydrogens (tertiary/aromatic N) is 1. The van der Waals surface area contributed by atoms with Gasteiger partial charge in [0.25, 0.3) is 0 Å². The van der Waals surface area contributed by atoms with Crippen LogP contribution in [0.1, 0.15) is 20.3 Å². The van der Waals surface area contributed by atoms with Gasteiger partial charge in [0, 0.05) is 6.54 Å². The zero-order chi connectivity index (χ0) is 13.8. The molecule has 0 aliphatic carbocycles. The van der Waals surface area contributed by atoms with Crippen LogP contribution in [0.25, 0.3) is 0 Å². The summed E-state index contributed by atoms with van der Waals surface area (Å²) in [5.41, 5.74) is 0. The Balaban J connectivity index is 5.15. The monoisotopic (exact) mass is 267 g/mol. The first-order valence-electron chi connectivity index (χ1n) is 4.98. The second-order valence-corrected chi connectivity index (χ2v) is 5.98. The van der Waals surface area contributed by atoms with E-state index in [2.05, 4.69) is 0 Å². The largest absolute Gasteiger partial charge is 0.481 e. The van der Waals surface area contributed by atoms with Crippen LogP contribution < -0.4 is 0 Å². The number of carbonyl (C=O) groups is 2. The highest BCUT2D eigenvalue weighted by atomic mass is 32.2. The van der Waals surface area contributed by atoms with E-state index in [-0.39, 0.29) is 6.54 Å². The van der Waals surface area contributed by atoms with Crippen LogP contribution in [0, 0.1) is 5.92 Å². The molecule has 0 amide bonds. The molecule has 1 atom stereocenters. The van der Waals surface area contributed by atoms with Crippen molar-refractivity contribution < 1.29 is 28.2 Å². The number of hydrogen-bond donors (Lipinski definition) is 2. The summed E-state index contributed by atoms with van der Waals surface area (Å²) in [6.07, 6.45) is 0.441. The van der Waals surface area contributed by atoms with Crippen molar-refractivity contribution >= 4 is 22.0 Å². The molecule has 8 heteroatoms. The lowest BCUT2D eigenvalue weighted by Crippen LogP contribution is -2.48. The molecule has 100 valence electrons. The van der Waals surface area contributed by atoms with Crippen molar-refractivity contribution in [3.63, 3.8) is 0 Å². The first kappa shape index (κ1) is 15.9. The summed E-state index contributed by atoms with van der Waals surface area (Å²) < 4.78 is 23.6. The Morgan fingerprint density at radius 1 is 1.24 bits per heavy atom. The summed E-state index contributed by atoms with van der Waals surface area (Å²) in [5, 5.41) is 17.5. The molecule has 0 aliphatic rings. The van der Waals surface area contributed by atoms with E-state index in [1.807, 2.05) is 0 Å². The molecule has 0 aromatic heterocycles. The average Bonchev–Trinajstić information content (AvgIpc) is 2.07. The molecule has 2 N–H and O–H groups in total. The lowest BCUT2D eigenvalue weighted by atomic mass is 10.0. The van der Waals surface area contributed by atoms with Crippen LogP contribution in [0.4, 0.5) is 0 Å². The molecular weight excluding hydrogens is 250 g/mol. The molecule has 0 heterocycles. The Labute approximate surface area is 100 Å². The van der Waals surface area contributed by atoms with Crippen molar-refractivity contribution in [3.05, 3.63) is 0 Å². The molecular formula is C9H17NO6S. The van der Waals surface area contributed by atoms with E-state index >= 15 is 0 Å². The Morgan fingerprint density at radius 2 is 1.71 bits per heavy atom. The molecule has 0 saturated carbocycles. The normalized spacial score (nSPS) is 13.9. The van der Waals surface area contributed by atoms with Gasteiger partial charge in [-0.15, -0.1) is 0 Å². The summed E-state index contributed by atoms with van der Waals surface area (Å²) in [4.78, 5) is 21.4. The second kappa shape index (κ2) is 5.97. The minimum absolute atomic E-state index is 0.344. The van der Waals surface area contributed by atoms with Crippen LogP contribution in [0.3, 0.4) is 0 Å². The van der Waals surface area contributed by atoms with E-state index in [1.165, 1.54) is 0 Å². The molecule has 0 saturated heterocycles. The zero-order valence-corrected chi connectivity index (χ0v) is 10.8. The first-order chi connectivity index (χ1) is 7.57. The third kappa shape index (κ3) is 5.14. The van der Waals surface area contributed by atoms with E-state index in [4.69, 9.17) is 10.2 Å². The summed E-state index contributed by atoms with van der Waals surface area (Å²) in [6.45, 7) is 2.79. The minimum Gasteiger partial charge on any atom is -0.481 e. The van der Waals surface area contributed by atoms with Gasteiger partial charge >= 0.3 is 11.9 Å². The molecule has 17 heavy (non-hydrogen) atoms. The molecule has 0 spiro atoms. The smallest absolute Gasteiger partial charge is 0.322 e. The van der Waals surface area contributed by atoms with Crippen LogP contribution in [0.2, 0.25) is 0 Å². The van der Waals surface area contributed by atoms with Gasteiger partial charge in [-0.25, -0.2) is 8.42 Å². The highest BCUT2D eigenvalue weighted by Gasteiger charge is 2.34. The number of carboxylic acids is 2. The molecule has 0 radical (unpaired) electrons. The van der Waals surface area contributed by atoms with Gasteiger partial charge in [0.15, 0.2) is 0 Å². The zero-order valence-electron chi connectivity index (χ0n) is 9.95. The molecule has 1 unspecified atom stereocenters. The fourth-order valence-corrected chi connectivity index (χ4v) is 2.63. The Bertz CT molecular complexity index is 388. The van der Waals surface area contributed by atoms with Gasteiger partial charge < -0.3 is 10.2 Å². The van der Waals surface area contributed by atoms with E-state index in [0.29, 0.717) is 4.31 Å². The first-order valence-corrected chi connectivity index (χ1v) is 6.83. The maximum atomic E-state index is 11.5. The van der Waals surface area contributed by atoms with Crippen LogP contribution >= 0.6 is 0 Å².